The van der Waals surface area contributed by atoms with Crippen LogP contribution in [0.15, 0.2) is 36.4 Å². The fraction of sp³-hybridized carbons (Fsp3) is 0.353. The van der Waals surface area contributed by atoms with E-state index in [1.54, 1.807) is 12.1 Å². The Morgan fingerprint density at radius 1 is 1.32 bits per heavy atom. The van der Waals surface area contributed by atoms with E-state index in [2.05, 4.69) is 6.07 Å². The topological polar surface area (TPSA) is 40.5 Å². The Balaban J connectivity index is 1.61. The van der Waals surface area contributed by atoms with Gasteiger partial charge in [0.2, 0.25) is 0 Å². The maximum Gasteiger partial charge on any atom is 0.263 e. The number of hydrogen-bond donors (Lipinski definition) is 1. The molecular formula is C17H18ClNO2S. The van der Waals surface area contributed by atoms with Crippen LogP contribution in [-0.2, 0) is 13.0 Å². The highest BCUT2D eigenvalue weighted by atomic mass is 35.5. The Kier molecular flexibility index (Phi) is 4.81. The first kappa shape index (κ1) is 15.5. The van der Waals surface area contributed by atoms with Crippen molar-refractivity contribution in [2.45, 2.75) is 19.4 Å². The van der Waals surface area contributed by atoms with Crippen LogP contribution in [0.1, 0.15) is 27.2 Å². The second kappa shape index (κ2) is 6.82. The van der Waals surface area contributed by atoms with Gasteiger partial charge in [0.15, 0.2) is 0 Å². The lowest BCUT2D eigenvalue weighted by Gasteiger charge is -2.15. The largest absolute Gasteiger partial charge is 0.392 e. The van der Waals surface area contributed by atoms with Crippen LogP contribution in [0.5, 0.6) is 0 Å². The number of thiophene rings is 1. The molecule has 1 saturated heterocycles. The Bertz CT molecular complexity index is 670. The fourth-order valence-corrected chi connectivity index (χ4v) is 3.97. The van der Waals surface area contributed by atoms with Crippen molar-refractivity contribution in [3.63, 3.8) is 0 Å². The molecule has 2 aromatic rings. The van der Waals surface area contributed by atoms with Gasteiger partial charge in [-0.05, 0) is 42.0 Å². The Labute approximate surface area is 139 Å². The standard InChI is InChI=1S/C17H18ClNO2S/c18-16-5-4-15(22-16)17(21)19-7-6-13(10-19)8-12-2-1-3-14(9-12)11-20/h1-5,9,13,20H,6-8,10-11H2/t13-/m0/s1. The molecule has 2 heterocycles. The lowest BCUT2D eigenvalue weighted by atomic mass is 9.97. The number of halogens is 1. The van der Waals surface area contributed by atoms with E-state index in [-0.39, 0.29) is 12.5 Å². The van der Waals surface area contributed by atoms with Crippen molar-refractivity contribution in [3.05, 3.63) is 56.7 Å². The van der Waals surface area contributed by atoms with Crippen molar-refractivity contribution in [3.8, 4) is 0 Å². The minimum atomic E-state index is 0.0717. The van der Waals surface area contributed by atoms with Crippen LogP contribution >= 0.6 is 22.9 Å². The number of aliphatic hydroxyl groups is 1. The summed E-state index contributed by atoms with van der Waals surface area (Å²) in [6.07, 6.45) is 1.97. The van der Waals surface area contributed by atoms with Crippen LogP contribution in [0.25, 0.3) is 0 Å². The van der Waals surface area contributed by atoms with Crippen molar-refractivity contribution in [2.75, 3.05) is 13.1 Å². The maximum absolute atomic E-state index is 12.4. The third-order valence-electron chi connectivity index (χ3n) is 4.06. The molecule has 0 radical (unpaired) electrons. The molecule has 22 heavy (non-hydrogen) atoms. The summed E-state index contributed by atoms with van der Waals surface area (Å²) < 4.78 is 0.653. The zero-order valence-corrected chi connectivity index (χ0v) is 13.7. The van der Waals surface area contributed by atoms with Gasteiger partial charge in [0.25, 0.3) is 5.91 Å². The zero-order valence-electron chi connectivity index (χ0n) is 12.2. The predicted molar refractivity (Wildman–Crippen MR) is 89.4 cm³/mol. The molecule has 3 nitrogen and oxygen atoms in total. The quantitative estimate of drug-likeness (QED) is 0.927. The van der Waals surface area contributed by atoms with Crippen LogP contribution in [0, 0.1) is 5.92 Å². The van der Waals surface area contributed by atoms with Crippen molar-refractivity contribution in [2.24, 2.45) is 5.92 Å². The number of carbonyl (C=O) groups excluding carboxylic acids is 1. The summed E-state index contributed by atoms with van der Waals surface area (Å²) in [5, 5.41) is 9.20. The molecule has 1 fully saturated rings. The van der Waals surface area contributed by atoms with Gasteiger partial charge in [0.05, 0.1) is 15.8 Å². The van der Waals surface area contributed by atoms with Gasteiger partial charge >= 0.3 is 0 Å². The molecule has 0 aliphatic carbocycles. The average Bonchev–Trinajstić information content (AvgIpc) is 3.16. The lowest BCUT2D eigenvalue weighted by molar-refractivity contribution is 0.0792. The van der Waals surface area contributed by atoms with Crippen LogP contribution in [0.4, 0.5) is 0 Å². The second-order valence-electron chi connectivity index (χ2n) is 5.69. The Hall–Kier alpha value is -1.36. The third-order valence-corrected chi connectivity index (χ3v) is 5.27. The number of hydrogen-bond acceptors (Lipinski definition) is 3. The first-order chi connectivity index (χ1) is 10.7. The highest BCUT2D eigenvalue weighted by Gasteiger charge is 2.27. The minimum Gasteiger partial charge on any atom is -0.392 e. The number of likely N-dealkylation sites (tertiary alicyclic amines) is 1. The van der Waals surface area contributed by atoms with Gasteiger partial charge in [0, 0.05) is 13.1 Å². The molecular weight excluding hydrogens is 318 g/mol. The molecule has 3 rings (SSSR count). The van der Waals surface area contributed by atoms with Gasteiger partial charge in [-0.15, -0.1) is 11.3 Å². The molecule has 1 aliphatic heterocycles. The number of nitrogens with zero attached hydrogens (tertiary/aromatic N) is 1. The van der Waals surface area contributed by atoms with Crippen molar-refractivity contribution in [1.29, 1.82) is 0 Å². The zero-order chi connectivity index (χ0) is 15.5. The Morgan fingerprint density at radius 3 is 2.86 bits per heavy atom. The van der Waals surface area contributed by atoms with Gasteiger partial charge in [-0.1, -0.05) is 35.9 Å². The molecule has 116 valence electrons. The Morgan fingerprint density at radius 2 is 2.14 bits per heavy atom. The summed E-state index contributed by atoms with van der Waals surface area (Å²) in [5.41, 5.74) is 2.17. The molecule has 1 aromatic carbocycles. The number of benzene rings is 1. The lowest BCUT2D eigenvalue weighted by Crippen LogP contribution is -2.28. The van der Waals surface area contributed by atoms with Crippen LogP contribution in [0.3, 0.4) is 0 Å². The SMILES string of the molecule is O=C(c1ccc(Cl)s1)N1CC[C@@H](Cc2cccc(CO)c2)C1. The fourth-order valence-electron chi connectivity index (χ4n) is 2.96. The highest BCUT2D eigenvalue weighted by molar-refractivity contribution is 7.17. The summed E-state index contributed by atoms with van der Waals surface area (Å²) in [5.74, 6) is 0.567. The van der Waals surface area contributed by atoms with Crippen molar-refractivity contribution < 1.29 is 9.90 Å². The van der Waals surface area contributed by atoms with Crippen molar-refractivity contribution >= 4 is 28.8 Å². The highest BCUT2D eigenvalue weighted by Crippen LogP contribution is 2.27. The summed E-state index contributed by atoms with van der Waals surface area (Å²) in [6, 6.07) is 11.6. The summed E-state index contributed by atoms with van der Waals surface area (Å²) in [4.78, 5) is 15.0. The number of amides is 1. The predicted octanol–water partition coefficient (Wildman–Crippen LogP) is 3.60. The molecule has 1 amide bonds. The van der Waals surface area contributed by atoms with Gasteiger partial charge in [-0.25, -0.2) is 0 Å². The van der Waals surface area contributed by atoms with Gasteiger partial charge in [-0.3, -0.25) is 4.79 Å². The third kappa shape index (κ3) is 3.51. The first-order valence-corrected chi connectivity index (χ1v) is 8.58. The molecule has 0 bridgehead atoms. The van der Waals surface area contributed by atoms with E-state index < -0.39 is 0 Å². The summed E-state index contributed by atoms with van der Waals surface area (Å²) in [6.45, 7) is 1.67. The van der Waals surface area contributed by atoms with E-state index in [0.717, 1.165) is 31.5 Å². The summed E-state index contributed by atoms with van der Waals surface area (Å²) in [7, 11) is 0. The number of carbonyl (C=O) groups is 1. The second-order valence-corrected chi connectivity index (χ2v) is 7.41. The molecule has 1 aliphatic rings. The van der Waals surface area contributed by atoms with E-state index in [1.807, 2.05) is 23.1 Å². The molecule has 0 unspecified atom stereocenters. The van der Waals surface area contributed by atoms with Crippen LogP contribution < -0.4 is 0 Å². The minimum absolute atomic E-state index is 0.0717. The molecule has 0 spiro atoms. The molecule has 1 atom stereocenters. The average molecular weight is 336 g/mol. The molecule has 0 saturated carbocycles. The summed E-state index contributed by atoms with van der Waals surface area (Å²) >= 11 is 7.24. The maximum atomic E-state index is 12.4. The number of aliphatic hydroxyl groups excluding tert-OH is 1. The van der Waals surface area contributed by atoms with Gasteiger partial charge < -0.3 is 10.0 Å². The van der Waals surface area contributed by atoms with Gasteiger partial charge in [0.1, 0.15) is 0 Å². The van der Waals surface area contributed by atoms with E-state index >= 15 is 0 Å². The van der Waals surface area contributed by atoms with Crippen molar-refractivity contribution in [1.82, 2.24) is 4.90 Å². The molecule has 1 aromatic heterocycles. The number of rotatable bonds is 4. The van der Waals surface area contributed by atoms with E-state index in [4.69, 9.17) is 11.6 Å². The van der Waals surface area contributed by atoms with Gasteiger partial charge in [-0.2, -0.15) is 0 Å². The first-order valence-electron chi connectivity index (χ1n) is 7.39. The normalized spacial score (nSPS) is 17.9. The monoisotopic (exact) mass is 335 g/mol. The van der Waals surface area contributed by atoms with E-state index in [0.29, 0.717) is 15.1 Å². The van der Waals surface area contributed by atoms with E-state index in [9.17, 15) is 9.90 Å². The molecule has 1 N–H and O–H groups in total. The van der Waals surface area contributed by atoms with Crippen LogP contribution in [-0.4, -0.2) is 29.0 Å². The van der Waals surface area contributed by atoms with E-state index in [1.165, 1.54) is 16.9 Å². The smallest absolute Gasteiger partial charge is 0.263 e. The van der Waals surface area contributed by atoms with Crippen LogP contribution in [0.2, 0.25) is 4.34 Å². The molecule has 5 heteroatoms.